The molecule has 0 saturated carbocycles. The van der Waals surface area contributed by atoms with Crippen molar-refractivity contribution in [2.75, 3.05) is 13.1 Å². The minimum Gasteiger partial charge on any atom is -0.352 e. The van der Waals surface area contributed by atoms with Crippen LogP contribution in [0, 0.1) is 9.39 Å². The minimum absolute atomic E-state index is 0.107. The molecule has 0 unspecified atom stereocenters. The molecular formula is C10H12FIN2O. The number of rotatable bonds is 4. The van der Waals surface area contributed by atoms with Gasteiger partial charge in [-0.1, -0.05) is 6.07 Å². The third-order valence-electron chi connectivity index (χ3n) is 1.86. The van der Waals surface area contributed by atoms with Gasteiger partial charge >= 0.3 is 0 Å². The van der Waals surface area contributed by atoms with Crippen molar-refractivity contribution >= 4 is 28.5 Å². The van der Waals surface area contributed by atoms with E-state index in [0.717, 1.165) is 0 Å². The van der Waals surface area contributed by atoms with E-state index in [1.807, 2.05) is 22.6 Å². The largest absolute Gasteiger partial charge is 0.352 e. The Kier molecular flexibility index (Phi) is 4.97. The van der Waals surface area contributed by atoms with Crippen molar-refractivity contribution in [3.63, 3.8) is 0 Å². The number of nitrogens with two attached hydrogens (primary N) is 1. The molecule has 0 fully saturated rings. The van der Waals surface area contributed by atoms with Crippen LogP contribution in [0.5, 0.6) is 0 Å². The van der Waals surface area contributed by atoms with Crippen LogP contribution >= 0.6 is 22.6 Å². The van der Waals surface area contributed by atoms with E-state index in [1.165, 1.54) is 6.07 Å². The van der Waals surface area contributed by atoms with Crippen LogP contribution in [-0.4, -0.2) is 19.0 Å². The molecule has 0 atom stereocenters. The van der Waals surface area contributed by atoms with Gasteiger partial charge in [0.25, 0.3) is 5.91 Å². The molecule has 0 heterocycles. The highest BCUT2D eigenvalue weighted by atomic mass is 127. The summed E-state index contributed by atoms with van der Waals surface area (Å²) in [6, 6.07) is 4.55. The number of halogens is 2. The Bertz CT molecular complexity index is 337. The monoisotopic (exact) mass is 322 g/mol. The van der Waals surface area contributed by atoms with E-state index in [2.05, 4.69) is 5.32 Å². The fraction of sp³-hybridized carbons (Fsp3) is 0.300. The van der Waals surface area contributed by atoms with Crippen molar-refractivity contribution in [1.29, 1.82) is 0 Å². The third-order valence-corrected chi connectivity index (χ3v) is 2.76. The molecule has 1 aromatic carbocycles. The van der Waals surface area contributed by atoms with Gasteiger partial charge in [0, 0.05) is 10.1 Å². The summed E-state index contributed by atoms with van der Waals surface area (Å²) < 4.78 is 13.9. The number of carbonyl (C=O) groups excluding carboxylic acids is 1. The fourth-order valence-corrected chi connectivity index (χ4v) is 1.82. The Morgan fingerprint density at radius 1 is 1.53 bits per heavy atom. The number of amides is 1. The number of benzene rings is 1. The molecule has 0 aromatic heterocycles. The molecule has 0 bridgehead atoms. The molecule has 3 N–H and O–H groups in total. The maximum atomic E-state index is 13.3. The molecule has 82 valence electrons. The molecule has 1 rings (SSSR count). The van der Waals surface area contributed by atoms with Gasteiger partial charge in [0.1, 0.15) is 5.82 Å². The van der Waals surface area contributed by atoms with E-state index in [0.29, 0.717) is 23.1 Å². The fourth-order valence-electron chi connectivity index (χ4n) is 1.11. The molecule has 0 radical (unpaired) electrons. The molecule has 0 spiro atoms. The smallest absolute Gasteiger partial charge is 0.255 e. The van der Waals surface area contributed by atoms with Crippen molar-refractivity contribution < 1.29 is 9.18 Å². The van der Waals surface area contributed by atoms with Crippen molar-refractivity contribution in [2.45, 2.75) is 6.42 Å². The summed E-state index contributed by atoms with van der Waals surface area (Å²) in [5.41, 5.74) is 5.39. The van der Waals surface area contributed by atoms with E-state index in [9.17, 15) is 9.18 Å². The molecular weight excluding hydrogens is 310 g/mol. The maximum absolute atomic E-state index is 13.3. The van der Waals surface area contributed by atoms with Crippen LogP contribution in [0.1, 0.15) is 16.8 Å². The van der Waals surface area contributed by atoms with Gasteiger partial charge in [-0.3, -0.25) is 4.79 Å². The Morgan fingerprint density at radius 3 is 2.87 bits per heavy atom. The molecule has 3 nitrogen and oxygen atoms in total. The Morgan fingerprint density at radius 2 is 2.27 bits per heavy atom. The van der Waals surface area contributed by atoms with Crippen molar-refractivity contribution in [2.24, 2.45) is 5.73 Å². The van der Waals surface area contributed by atoms with E-state index >= 15 is 0 Å². The second kappa shape index (κ2) is 6.02. The van der Waals surface area contributed by atoms with Crippen molar-refractivity contribution in [3.05, 3.63) is 33.1 Å². The summed E-state index contributed by atoms with van der Waals surface area (Å²) in [6.07, 6.45) is 0.691. The molecule has 15 heavy (non-hydrogen) atoms. The van der Waals surface area contributed by atoms with Crippen LogP contribution in [0.2, 0.25) is 0 Å². The quantitative estimate of drug-likeness (QED) is 0.652. The summed E-state index contributed by atoms with van der Waals surface area (Å²) in [6.45, 7) is 0.981. The van der Waals surface area contributed by atoms with E-state index in [-0.39, 0.29) is 11.5 Å². The highest BCUT2D eigenvalue weighted by Crippen LogP contribution is 2.15. The summed E-state index contributed by atoms with van der Waals surface area (Å²) in [5.74, 6) is -0.877. The summed E-state index contributed by atoms with van der Waals surface area (Å²) in [7, 11) is 0. The van der Waals surface area contributed by atoms with Crippen LogP contribution in [0.15, 0.2) is 18.2 Å². The van der Waals surface area contributed by atoms with Gasteiger partial charge < -0.3 is 11.1 Å². The first-order valence-electron chi connectivity index (χ1n) is 4.59. The molecule has 1 aromatic rings. The zero-order valence-corrected chi connectivity index (χ0v) is 10.3. The highest BCUT2D eigenvalue weighted by Gasteiger charge is 2.14. The topological polar surface area (TPSA) is 55.1 Å². The number of hydrogen-bond donors (Lipinski definition) is 2. The predicted molar refractivity (Wildman–Crippen MR) is 65.1 cm³/mol. The first-order chi connectivity index (χ1) is 7.16. The number of hydrogen-bond acceptors (Lipinski definition) is 2. The van der Waals surface area contributed by atoms with Gasteiger partial charge in [-0.05, 0) is 47.7 Å². The first-order valence-corrected chi connectivity index (χ1v) is 5.67. The average molecular weight is 322 g/mol. The van der Waals surface area contributed by atoms with Gasteiger partial charge in [-0.2, -0.15) is 0 Å². The number of carbonyl (C=O) groups is 1. The zero-order valence-electron chi connectivity index (χ0n) is 8.09. The minimum atomic E-state index is -0.493. The Labute approximate surface area is 101 Å². The summed E-state index contributed by atoms with van der Waals surface area (Å²) in [5, 5.41) is 2.62. The molecule has 1 amide bonds. The first kappa shape index (κ1) is 12.4. The normalized spacial score (nSPS) is 10.1. The van der Waals surface area contributed by atoms with Gasteiger partial charge in [-0.15, -0.1) is 0 Å². The van der Waals surface area contributed by atoms with Gasteiger partial charge in [0.05, 0.1) is 5.56 Å². The van der Waals surface area contributed by atoms with Crippen LogP contribution in [0.4, 0.5) is 4.39 Å². The van der Waals surface area contributed by atoms with E-state index < -0.39 is 5.82 Å². The second-order valence-electron chi connectivity index (χ2n) is 2.99. The van der Waals surface area contributed by atoms with Crippen molar-refractivity contribution in [3.8, 4) is 0 Å². The summed E-state index contributed by atoms with van der Waals surface area (Å²) >= 11 is 1.94. The Balaban J connectivity index is 2.73. The molecule has 0 saturated heterocycles. The van der Waals surface area contributed by atoms with Gasteiger partial charge in [-0.25, -0.2) is 4.39 Å². The van der Waals surface area contributed by atoms with Gasteiger partial charge in [0.15, 0.2) is 0 Å². The highest BCUT2D eigenvalue weighted by molar-refractivity contribution is 14.1. The lowest BCUT2D eigenvalue weighted by Gasteiger charge is -2.06. The summed E-state index contributed by atoms with van der Waals surface area (Å²) in [4.78, 5) is 11.6. The van der Waals surface area contributed by atoms with Crippen LogP contribution < -0.4 is 11.1 Å². The lowest BCUT2D eigenvalue weighted by atomic mass is 10.2. The molecule has 5 heteroatoms. The SMILES string of the molecule is NCCCNC(=O)c1c(F)cccc1I. The average Bonchev–Trinajstić information content (AvgIpc) is 2.18. The molecule has 0 aliphatic rings. The standard InChI is InChI=1S/C10H12FIN2O/c11-7-3-1-4-8(12)9(7)10(15)14-6-2-5-13/h1,3-4H,2,5-6,13H2,(H,14,15). The lowest BCUT2D eigenvalue weighted by Crippen LogP contribution is -2.27. The van der Waals surface area contributed by atoms with Crippen LogP contribution in [0.3, 0.4) is 0 Å². The van der Waals surface area contributed by atoms with E-state index in [4.69, 9.17) is 5.73 Å². The van der Waals surface area contributed by atoms with Crippen LogP contribution in [-0.2, 0) is 0 Å². The maximum Gasteiger partial charge on any atom is 0.255 e. The van der Waals surface area contributed by atoms with Crippen molar-refractivity contribution in [1.82, 2.24) is 5.32 Å². The van der Waals surface area contributed by atoms with E-state index in [1.54, 1.807) is 12.1 Å². The Hall–Kier alpha value is -0.690. The third kappa shape index (κ3) is 3.42. The second-order valence-corrected chi connectivity index (χ2v) is 4.16. The zero-order chi connectivity index (χ0) is 11.3. The molecule has 0 aliphatic carbocycles. The molecule has 0 aliphatic heterocycles. The number of nitrogens with one attached hydrogen (secondary N) is 1. The van der Waals surface area contributed by atoms with Crippen LogP contribution in [0.25, 0.3) is 0 Å². The predicted octanol–water partition coefficient (Wildman–Crippen LogP) is 1.51. The van der Waals surface area contributed by atoms with Gasteiger partial charge in [0.2, 0.25) is 0 Å². The lowest BCUT2D eigenvalue weighted by molar-refractivity contribution is 0.0948.